The third-order valence-electron chi connectivity index (χ3n) is 5.56. The van der Waals surface area contributed by atoms with Crippen molar-refractivity contribution in [1.29, 1.82) is 0 Å². The van der Waals surface area contributed by atoms with Crippen LogP contribution in [-0.4, -0.2) is 30.1 Å². The van der Waals surface area contributed by atoms with Gasteiger partial charge in [0.1, 0.15) is 11.6 Å². The topological polar surface area (TPSA) is 85.4 Å². The molecule has 7 heteroatoms. The Balaban J connectivity index is 1.49. The smallest absolute Gasteiger partial charge is 0.251 e. The Hall–Kier alpha value is -4.39. The van der Waals surface area contributed by atoms with Gasteiger partial charge in [0.05, 0.1) is 26.0 Å². The molecular formula is C28H28N4O3. The second kappa shape index (κ2) is 10.7. The monoisotopic (exact) mass is 468 g/mol. The number of nitrogens with one attached hydrogen (secondary N) is 2. The molecule has 1 atom stereocenters. The molecule has 0 radical (unpaired) electrons. The lowest BCUT2D eigenvalue weighted by Gasteiger charge is -2.17. The average Bonchev–Trinajstić information content (AvgIpc) is 2.88. The third kappa shape index (κ3) is 5.76. The van der Waals surface area contributed by atoms with Crippen molar-refractivity contribution in [1.82, 2.24) is 15.3 Å². The quantitative estimate of drug-likeness (QED) is 0.345. The standard InChI is InChI=1S/C28H28N4O3/c1-18(21-13-14-25(34-3)26(16-21)35-4)29-28(33)22-11-8-12-23(15-22)32-27-17-24(30-19(2)31-27)20-9-6-5-7-10-20/h5-18H,1-4H3,(H,29,33)(H,30,31,32). The predicted octanol–water partition coefficient (Wildman–Crippen LogP) is 5.70. The van der Waals surface area contributed by atoms with E-state index in [0.29, 0.717) is 28.7 Å². The molecule has 4 rings (SSSR count). The van der Waals surface area contributed by atoms with Crippen LogP contribution in [0.3, 0.4) is 0 Å². The van der Waals surface area contributed by atoms with E-state index in [4.69, 9.17) is 9.47 Å². The van der Waals surface area contributed by atoms with Crippen molar-refractivity contribution >= 4 is 17.4 Å². The number of benzene rings is 3. The van der Waals surface area contributed by atoms with Gasteiger partial charge >= 0.3 is 0 Å². The first-order valence-electron chi connectivity index (χ1n) is 11.3. The minimum Gasteiger partial charge on any atom is -0.493 e. The Bertz CT molecular complexity index is 1330. The lowest BCUT2D eigenvalue weighted by Crippen LogP contribution is -2.26. The lowest BCUT2D eigenvalue weighted by atomic mass is 10.1. The number of methoxy groups -OCH3 is 2. The molecule has 0 aliphatic carbocycles. The molecule has 0 aliphatic heterocycles. The zero-order valence-corrected chi connectivity index (χ0v) is 20.2. The average molecular weight is 469 g/mol. The number of amides is 1. The second-order valence-electron chi connectivity index (χ2n) is 8.07. The molecule has 7 nitrogen and oxygen atoms in total. The highest BCUT2D eigenvalue weighted by Crippen LogP contribution is 2.30. The van der Waals surface area contributed by atoms with Crippen molar-refractivity contribution in [2.75, 3.05) is 19.5 Å². The van der Waals surface area contributed by atoms with E-state index in [1.165, 1.54) is 0 Å². The maximum atomic E-state index is 13.0. The summed E-state index contributed by atoms with van der Waals surface area (Å²) in [6, 6.07) is 24.5. The van der Waals surface area contributed by atoms with Gasteiger partial charge in [-0.2, -0.15) is 0 Å². The molecule has 0 fully saturated rings. The Morgan fingerprint density at radius 3 is 2.37 bits per heavy atom. The molecule has 0 saturated heterocycles. The minimum atomic E-state index is -0.225. The fourth-order valence-electron chi connectivity index (χ4n) is 3.76. The summed E-state index contributed by atoms with van der Waals surface area (Å²) >= 11 is 0. The number of rotatable bonds is 8. The molecule has 1 aromatic heterocycles. The molecule has 1 amide bonds. The van der Waals surface area contributed by atoms with E-state index in [0.717, 1.165) is 22.5 Å². The zero-order valence-electron chi connectivity index (χ0n) is 20.2. The van der Waals surface area contributed by atoms with Crippen LogP contribution in [0.4, 0.5) is 11.5 Å². The van der Waals surface area contributed by atoms with Crippen molar-refractivity contribution in [3.63, 3.8) is 0 Å². The maximum absolute atomic E-state index is 13.0. The summed E-state index contributed by atoms with van der Waals surface area (Å²) < 4.78 is 10.7. The van der Waals surface area contributed by atoms with Crippen molar-refractivity contribution in [3.8, 4) is 22.8 Å². The summed E-state index contributed by atoms with van der Waals surface area (Å²) in [5.74, 6) is 2.40. The van der Waals surface area contributed by atoms with E-state index in [2.05, 4.69) is 20.6 Å². The van der Waals surface area contributed by atoms with Crippen molar-refractivity contribution < 1.29 is 14.3 Å². The Labute approximate surface area is 205 Å². The molecule has 0 bridgehead atoms. The molecule has 3 aromatic carbocycles. The van der Waals surface area contributed by atoms with E-state index in [1.54, 1.807) is 26.4 Å². The highest BCUT2D eigenvalue weighted by atomic mass is 16.5. The molecular weight excluding hydrogens is 440 g/mol. The number of hydrogen-bond acceptors (Lipinski definition) is 6. The largest absolute Gasteiger partial charge is 0.493 e. The van der Waals surface area contributed by atoms with Crippen LogP contribution in [0.2, 0.25) is 0 Å². The summed E-state index contributed by atoms with van der Waals surface area (Å²) in [5.41, 5.74) is 4.05. The number of carbonyl (C=O) groups excluding carboxylic acids is 1. The van der Waals surface area contributed by atoms with Gasteiger partial charge in [-0.05, 0) is 49.7 Å². The first kappa shape index (κ1) is 23.8. The van der Waals surface area contributed by atoms with E-state index in [-0.39, 0.29) is 11.9 Å². The van der Waals surface area contributed by atoms with Crippen LogP contribution in [0.1, 0.15) is 34.7 Å². The fourth-order valence-corrected chi connectivity index (χ4v) is 3.76. The van der Waals surface area contributed by atoms with Gasteiger partial charge < -0.3 is 20.1 Å². The SMILES string of the molecule is COc1ccc(C(C)NC(=O)c2cccc(Nc3cc(-c4ccccc4)nc(C)n3)c2)cc1OC. The first-order chi connectivity index (χ1) is 17.0. The first-order valence-corrected chi connectivity index (χ1v) is 11.3. The van der Waals surface area contributed by atoms with Gasteiger partial charge in [-0.3, -0.25) is 4.79 Å². The lowest BCUT2D eigenvalue weighted by molar-refractivity contribution is 0.0940. The van der Waals surface area contributed by atoms with Gasteiger partial charge in [-0.25, -0.2) is 9.97 Å². The van der Waals surface area contributed by atoms with Crippen molar-refractivity contribution in [3.05, 3.63) is 95.8 Å². The number of carbonyl (C=O) groups is 1. The Kier molecular flexibility index (Phi) is 7.26. The number of hydrogen-bond donors (Lipinski definition) is 2. The van der Waals surface area contributed by atoms with E-state index >= 15 is 0 Å². The third-order valence-corrected chi connectivity index (χ3v) is 5.56. The normalized spacial score (nSPS) is 11.4. The van der Waals surface area contributed by atoms with E-state index in [1.807, 2.05) is 80.6 Å². The van der Waals surface area contributed by atoms with Crippen LogP contribution in [0.25, 0.3) is 11.3 Å². The molecule has 1 heterocycles. The zero-order chi connectivity index (χ0) is 24.8. The number of ether oxygens (including phenoxy) is 2. The number of nitrogens with zero attached hydrogens (tertiary/aromatic N) is 2. The fraction of sp³-hybridized carbons (Fsp3) is 0.179. The highest BCUT2D eigenvalue weighted by molar-refractivity contribution is 5.95. The van der Waals surface area contributed by atoms with Crippen molar-refractivity contribution in [2.24, 2.45) is 0 Å². The summed E-state index contributed by atoms with van der Waals surface area (Å²) in [6.45, 7) is 3.78. The van der Waals surface area contributed by atoms with Gasteiger partial charge in [0, 0.05) is 22.9 Å². The van der Waals surface area contributed by atoms with Crippen LogP contribution in [0, 0.1) is 6.92 Å². The molecule has 2 N–H and O–H groups in total. The van der Waals surface area contributed by atoms with Gasteiger partial charge in [-0.1, -0.05) is 42.5 Å². The summed E-state index contributed by atoms with van der Waals surface area (Å²) in [6.07, 6.45) is 0. The van der Waals surface area contributed by atoms with Crippen molar-refractivity contribution in [2.45, 2.75) is 19.9 Å². The van der Waals surface area contributed by atoms with Crippen LogP contribution >= 0.6 is 0 Å². The number of aromatic nitrogens is 2. The molecule has 4 aromatic rings. The number of anilines is 2. The van der Waals surface area contributed by atoms with E-state index in [9.17, 15) is 4.79 Å². The molecule has 35 heavy (non-hydrogen) atoms. The van der Waals surface area contributed by atoms with E-state index < -0.39 is 0 Å². The predicted molar refractivity (Wildman–Crippen MR) is 137 cm³/mol. The summed E-state index contributed by atoms with van der Waals surface area (Å²) in [4.78, 5) is 22.0. The van der Waals surface area contributed by atoms with Crippen LogP contribution in [-0.2, 0) is 0 Å². The molecule has 1 unspecified atom stereocenters. The molecule has 0 saturated carbocycles. The van der Waals surface area contributed by atoms with Gasteiger partial charge in [-0.15, -0.1) is 0 Å². The Morgan fingerprint density at radius 1 is 0.857 bits per heavy atom. The summed E-state index contributed by atoms with van der Waals surface area (Å²) in [7, 11) is 3.18. The van der Waals surface area contributed by atoms with Gasteiger partial charge in [0.25, 0.3) is 5.91 Å². The van der Waals surface area contributed by atoms with Gasteiger partial charge in [0.15, 0.2) is 11.5 Å². The molecule has 178 valence electrons. The maximum Gasteiger partial charge on any atom is 0.251 e. The Morgan fingerprint density at radius 2 is 1.63 bits per heavy atom. The minimum absolute atomic E-state index is 0.181. The number of aryl methyl sites for hydroxylation is 1. The second-order valence-corrected chi connectivity index (χ2v) is 8.07. The molecule has 0 spiro atoms. The molecule has 0 aliphatic rings. The highest BCUT2D eigenvalue weighted by Gasteiger charge is 2.15. The summed E-state index contributed by atoms with van der Waals surface area (Å²) in [5, 5.41) is 6.34. The van der Waals surface area contributed by atoms with Gasteiger partial charge in [0.2, 0.25) is 0 Å². The van der Waals surface area contributed by atoms with Crippen LogP contribution in [0.5, 0.6) is 11.5 Å². The van der Waals surface area contributed by atoms with Crippen LogP contribution < -0.4 is 20.1 Å². The van der Waals surface area contributed by atoms with Crippen LogP contribution in [0.15, 0.2) is 78.9 Å².